The van der Waals surface area contributed by atoms with E-state index in [9.17, 15) is 8.42 Å². The lowest BCUT2D eigenvalue weighted by atomic mass is 10.3. The molecule has 2 N–H and O–H groups in total. The van der Waals surface area contributed by atoms with E-state index in [0.717, 1.165) is 17.4 Å². The molecule has 0 aliphatic heterocycles. The maximum absolute atomic E-state index is 12.0. The Morgan fingerprint density at radius 2 is 1.87 bits per heavy atom. The molecule has 2 atom stereocenters. The first-order chi connectivity index (χ1) is 11.1. The van der Waals surface area contributed by atoms with Crippen LogP contribution in [0.5, 0.6) is 0 Å². The zero-order valence-electron chi connectivity index (χ0n) is 13.2. The predicted octanol–water partition coefficient (Wildman–Crippen LogP) is 2.47. The van der Waals surface area contributed by atoms with Gasteiger partial charge >= 0.3 is 0 Å². The van der Waals surface area contributed by atoms with Crippen molar-refractivity contribution in [2.24, 2.45) is 5.92 Å². The molecule has 0 bridgehead atoms. The van der Waals surface area contributed by atoms with Crippen molar-refractivity contribution in [2.75, 3.05) is 13.1 Å². The van der Waals surface area contributed by atoms with Gasteiger partial charge in [0.25, 0.3) is 0 Å². The maximum atomic E-state index is 12.0. The molecule has 1 saturated carbocycles. The Kier molecular flexibility index (Phi) is 4.84. The summed E-state index contributed by atoms with van der Waals surface area (Å²) in [5, 5.41) is 3.19. The third-order valence-electron chi connectivity index (χ3n) is 4.10. The topological polar surface area (TPSA) is 71.3 Å². The van der Waals surface area contributed by atoms with Crippen molar-refractivity contribution < 1.29 is 12.8 Å². The summed E-state index contributed by atoms with van der Waals surface area (Å²) < 4.78 is 32.4. The van der Waals surface area contributed by atoms with Crippen LogP contribution < -0.4 is 10.0 Å². The Labute approximate surface area is 137 Å². The van der Waals surface area contributed by atoms with Gasteiger partial charge in [0.2, 0.25) is 10.0 Å². The molecule has 1 aromatic carbocycles. The highest BCUT2D eigenvalue weighted by atomic mass is 32.2. The summed E-state index contributed by atoms with van der Waals surface area (Å²) >= 11 is 0. The van der Waals surface area contributed by atoms with Crippen LogP contribution in [0.3, 0.4) is 0 Å². The smallest absolute Gasteiger partial charge is 0.240 e. The Morgan fingerprint density at radius 3 is 2.57 bits per heavy atom. The first kappa shape index (κ1) is 16.2. The van der Waals surface area contributed by atoms with Crippen LogP contribution in [0.2, 0.25) is 0 Å². The van der Waals surface area contributed by atoms with Gasteiger partial charge in [0.05, 0.1) is 11.4 Å². The third-order valence-corrected chi connectivity index (χ3v) is 5.58. The van der Waals surface area contributed by atoms with Gasteiger partial charge in [-0.25, -0.2) is 13.1 Å². The predicted molar refractivity (Wildman–Crippen MR) is 88.6 cm³/mol. The first-order valence-electron chi connectivity index (χ1n) is 7.90. The normalized spacial score (nSPS) is 20.6. The fourth-order valence-electron chi connectivity index (χ4n) is 2.58. The highest BCUT2D eigenvalue weighted by Crippen LogP contribution is 2.47. The van der Waals surface area contributed by atoms with Crippen molar-refractivity contribution in [1.82, 2.24) is 10.0 Å². The fourth-order valence-corrected chi connectivity index (χ4v) is 3.63. The summed E-state index contributed by atoms with van der Waals surface area (Å²) in [7, 11) is -3.42. The molecule has 5 nitrogen and oxygen atoms in total. The molecule has 1 heterocycles. The monoisotopic (exact) mass is 334 g/mol. The number of benzene rings is 1. The summed E-state index contributed by atoms with van der Waals surface area (Å²) in [5.74, 6) is 3.28. The van der Waals surface area contributed by atoms with Crippen LogP contribution >= 0.6 is 0 Å². The van der Waals surface area contributed by atoms with E-state index in [-0.39, 0.29) is 4.90 Å². The summed E-state index contributed by atoms with van der Waals surface area (Å²) in [6, 6.07) is 12.4. The third kappa shape index (κ3) is 4.22. The maximum Gasteiger partial charge on any atom is 0.240 e. The molecule has 0 amide bonds. The largest absolute Gasteiger partial charge is 0.464 e. The van der Waals surface area contributed by atoms with E-state index in [1.807, 2.05) is 12.1 Å². The molecule has 2 aromatic rings. The molecule has 0 radical (unpaired) electrons. The van der Waals surface area contributed by atoms with Crippen molar-refractivity contribution >= 4 is 10.0 Å². The van der Waals surface area contributed by atoms with Gasteiger partial charge in [0.1, 0.15) is 11.5 Å². The number of rotatable bonds is 8. The molecule has 2 unspecified atom stereocenters. The molecule has 23 heavy (non-hydrogen) atoms. The summed E-state index contributed by atoms with van der Waals surface area (Å²) in [6.07, 6.45) is 1.21. The second-order valence-electron chi connectivity index (χ2n) is 6.01. The van der Waals surface area contributed by atoms with Gasteiger partial charge in [-0.3, -0.25) is 0 Å². The molecule has 1 fully saturated rings. The molecule has 0 spiro atoms. The van der Waals surface area contributed by atoms with E-state index in [0.29, 0.717) is 25.6 Å². The van der Waals surface area contributed by atoms with Crippen LogP contribution in [0.1, 0.15) is 30.8 Å². The summed E-state index contributed by atoms with van der Waals surface area (Å²) in [6.45, 7) is 3.71. The van der Waals surface area contributed by atoms with Crippen molar-refractivity contribution in [2.45, 2.75) is 30.7 Å². The van der Waals surface area contributed by atoms with Crippen molar-refractivity contribution in [3.05, 3.63) is 54.0 Å². The van der Waals surface area contributed by atoms with E-state index in [1.165, 1.54) is 6.42 Å². The molecule has 1 aromatic heterocycles. The molecule has 1 aliphatic carbocycles. The van der Waals surface area contributed by atoms with Gasteiger partial charge in [-0.05, 0) is 36.6 Å². The standard InChI is InChI=1S/C17H22N2O3S/c1-13-11-16(13)17-8-7-14(22-17)12-18-9-10-19-23(20,21)15-5-3-2-4-6-15/h2-8,13,16,18-19H,9-12H2,1H3. The van der Waals surface area contributed by atoms with Crippen LogP contribution in [-0.4, -0.2) is 21.5 Å². The van der Waals surface area contributed by atoms with Gasteiger partial charge in [-0.15, -0.1) is 0 Å². The highest BCUT2D eigenvalue weighted by molar-refractivity contribution is 7.89. The van der Waals surface area contributed by atoms with Gasteiger partial charge in [0, 0.05) is 19.0 Å². The minimum absolute atomic E-state index is 0.286. The van der Waals surface area contributed by atoms with E-state index in [4.69, 9.17) is 4.42 Å². The van der Waals surface area contributed by atoms with Crippen molar-refractivity contribution in [3.63, 3.8) is 0 Å². The Balaban J connectivity index is 1.39. The average Bonchev–Trinajstić information content (AvgIpc) is 3.09. The van der Waals surface area contributed by atoms with Crippen LogP contribution in [0, 0.1) is 5.92 Å². The lowest BCUT2D eigenvalue weighted by Gasteiger charge is -2.07. The van der Waals surface area contributed by atoms with Crippen LogP contribution in [0.4, 0.5) is 0 Å². The zero-order chi connectivity index (χ0) is 16.3. The Bertz CT molecular complexity index is 740. The quantitative estimate of drug-likeness (QED) is 0.728. The van der Waals surface area contributed by atoms with E-state index in [1.54, 1.807) is 30.3 Å². The van der Waals surface area contributed by atoms with Gasteiger partial charge < -0.3 is 9.73 Å². The fraction of sp³-hybridized carbons (Fsp3) is 0.412. The summed E-state index contributed by atoms with van der Waals surface area (Å²) in [5.41, 5.74) is 0. The summed E-state index contributed by atoms with van der Waals surface area (Å²) in [4.78, 5) is 0.286. The minimum atomic E-state index is -3.42. The SMILES string of the molecule is CC1CC1c1ccc(CNCCNS(=O)(=O)c2ccccc2)o1. The second-order valence-corrected chi connectivity index (χ2v) is 7.78. The average molecular weight is 334 g/mol. The molecule has 0 saturated heterocycles. The van der Waals surface area contributed by atoms with E-state index >= 15 is 0 Å². The zero-order valence-corrected chi connectivity index (χ0v) is 14.0. The van der Waals surface area contributed by atoms with Crippen LogP contribution in [0.15, 0.2) is 51.8 Å². The van der Waals surface area contributed by atoms with Gasteiger partial charge in [-0.2, -0.15) is 0 Å². The Morgan fingerprint density at radius 1 is 1.13 bits per heavy atom. The van der Waals surface area contributed by atoms with E-state index in [2.05, 4.69) is 17.0 Å². The highest BCUT2D eigenvalue weighted by Gasteiger charge is 2.36. The molecular formula is C17H22N2O3S. The molecular weight excluding hydrogens is 312 g/mol. The van der Waals surface area contributed by atoms with Crippen LogP contribution in [0.25, 0.3) is 0 Å². The molecule has 3 rings (SSSR count). The number of furan rings is 1. The van der Waals surface area contributed by atoms with E-state index < -0.39 is 10.0 Å². The van der Waals surface area contributed by atoms with Crippen LogP contribution in [-0.2, 0) is 16.6 Å². The Hall–Kier alpha value is -1.63. The number of hydrogen-bond donors (Lipinski definition) is 2. The first-order valence-corrected chi connectivity index (χ1v) is 9.38. The lowest BCUT2D eigenvalue weighted by Crippen LogP contribution is -2.31. The van der Waals surface area contributed by atoms with Crippen molar-refractivity contribution in [3.8, 4) is 0 Å². The number of hydrogen-bond acceptors (Lipinski definition) is 4. The number of sulfonamides is 1. The van der Waals surface area contributed by atoms with Gasteiger partial charge in [0.15, 0.2) is 0 Å². The van der Waals surface area contributed by atoms with Crippen molar-refractivity contribution in [1.29, 1.82) is 0 Å². The lowest BCUT2D eigenvalue weighted by molar-refractivity contribution is 0.445. The molecule has 1 aliphatic rings. The minimum Gasteiger partial charge on any atom is -0.464 e. The molecule has 6 heteroatoms. The van der Waals surface area contributed by atoms with Gasteiger partial charge in [-0.1, -0.05) is 25.1 Å². The molecule has 124 valence electrons. The number of nitrogens with one attached hydrogen (secondary N) is 2. The second kappa shape index (κ2) is 6.86.